The van der Waals surface area contributed by atoms with Crippen LogP contribution >= 0.6 is 0 Å². The molecule has 1 aromatic heterocycles. The summed E-state index contributed by atoms with van der Waals surface area (Å²) in [6.07, 6.45) is 3.50. The third-order valence-electron chi connectivity index (χ3n) is 4.88. The van der Waals surface area contributed by atoms with E-state index >= 15 is 0 Å². The Labute approximate surface area is 166 Å². The van der Waals surface area contributed by atoms with Crippen molar-refractivity contribution in [3.05, 3.63) is 41.6 Å². The standard InChI is InChI=1S/C19H27N5O3S/c1-13(2)24-18(8-10-20-24)22-19(25)14(3)21-17-7-5-6-15-12-23(28(4,26)27)11-9-16(15)17/h5-8,10,13-14,21H,9,11-12H2,1-4H3,(H,22,25). The summed E-state index contributed by atoms with van der Waals surface area (Å²) in [5.74, 6) is 0.501. The van der Waals surface area contributed by atoms with E-state index in [-0.39, 0.29) is 11.9 Å². The van der Waals surface area contributed by atoms with Crippen molar-refractivity contribution in [3.63, 3.8) is 0 Å². The van der Waals surface area contributed by atoms with Crippen molar-refractivity contribution in [2.24, 2.45) is 0 Å². The minimum atomic E-state index is -3.22. The predicted molar refractivity (Wildman–Crippen MR) is 110 cm³/mol. The van der Waals surface area contributed by atoms with E-state index in [1.54, 1.807) is 23.9 Å². The first kappa shape index (κ1) is 20.3. The molecule has 1 aliphatic heterocycles. The number of amides is 1. The van der Waals surface area contributed by atoms with Gasteiger partial charge in [-0.15, -0.1) is 0 Å². The maximum Gasteiger partial charge on any atom is 0.247 e. The van der Waals surface area contributed by atoms with Gasteiger partial charge in [0.25, 0.3) is 0 Å². The summed E-state index contributed by atoms with van der Waals surface area (Å²) in [5, 5.41) is 10.4. The number of hydrogen-bond donors (Lipinski definition) is 2. The Morgan fingerprint density at radius 2 is 1.96 bits per heavy atom. The average Bonchev–Trinajstić information content (AvgIpc) is 3.09. The summed E-state index contributed by atoms with van der Waals surface area (Å²) in [5.41, 5.74) is 2.90. The topological polar surface area (TPSA) is 96.3 Å². The van der Waals surface area contributed by atoms with E-state index in [2.05, 4.69) is 15.7 Å². The van der Waals surface area contributed by atoms with Crippen LogP contribution in [0.2, 0.25) is 0 Å². The first-order valence-electron chi connectivity index (χ1n) is 9.33. The lowest BCUT2D eigenvalue weighted by Crippen LogP contribution is -2.36. The lowest BCUT2D eigenvalue weighted by atomic mass is 9.98. The minimum Gasteiger partial charge on any atom is -0.374 e. The molecule has 1 atom stereocenters. The molecule has 0 spiro atoms. The van der Waals surface area contributed by atoms with Gasteiger partial charge in [-0.2, -0.15) is 9.40 Å². The fraction of sp³-hybridized carbons (Fsp3) is 0.474. The summed E-state index contributed by atoms with van der Waals surface area (Å²) in [6.45, 7) is 6.60. The van der Waals surface area contributed by atoms with Gasteiger partial charge < -0.3 is 10.6 Å². The van der Waals surface area contributed by atoms with Crippen LogP contribution in [0.25, 0.3) is 0 Å². The number of anilines is 2. The number of carbonyl (C=O) groups excluding carboxylic acids is 1. The van der Waals surface area contributed by atoms with E-state index < -0.39 is 16.1 Å². The van der Waals surface area contributed by atoms with E-state index in [0.29, 0.717) is 25.3 Å². The highest BCUT2D eigenvalue weighted by atomic mass is 32.2. The van der Waals surface area contributed by atoms with Crippen molar-refractivity contribution in [3.8, 4) is 0 Å². The molecule has 2 N–H and O–H groups in total. The van der Waals surface area contributed by atoms with E-state index in [9.17, 15) is 13.2 Å². The Balaban J connectivity index is 1.72. The van der Waals surface area contributed by atoms with Crippen LogP contribution in [0.4, 0.5) is 11.5 Å². The van der Waals surface area contributed by atoms with Crippen molar-refractivity contribution in [2.45, 2.75) is 45.8 Å². The van der Waals surface area contributed by atoms with E-state index in [4.69, 9.17) is 0 Å². The number of benzene rings is 1. The molecule has 1 aromatic carbocycles. The van der Waals surface area contributed by atoms with E-state index in [1.165, 1.54) is 10.6 Å². The van der Waals surface area contributed by atoms with Crippen molar-refractivity contribution in [2.75, 3.05) is 23.4 Å². The van der Waals surface area contributed by atoms with Crippen molar-refractivity contribution in [1.29, 1.82) is 0 Å². The zero-order valence-electron chi connectivity index (χ0n) is 16.6. The second kappa shape index (κ2) is 7.92. The number of sulfonamides is 1. The molecule has 1 aliphatic rings. The minimum absolute atomic E-state index is 0.146. The van der Waals surface area contributed by atoms with Crippen LogP contribution in [0, 0.1) is 0 Å². The van der Waals surface area contributed by atoms with Gasteiger partial charge in [-0.25, -0.2) is 13.1 Å². The zero-order valence-corrected chi connectivity index (χ0v) is 17.5. The Morgan fingerprint density at radius 1 is 1.21 bits per heavy atom. The van der Waals surface area contributed by atoms with Crippen LogP contribution in [-0.4, -0.2) is 47.3 Å². The third kappa shape index (κ3) is 4.36. The first-order valence-corrected chi connectivity index (χ1v) is 11.2. The smallest absolute Gasteiger partial charge is 0.247 e. The Hall–Kier alpha value is -2.39. The molecule has 9 heteroatoms. The molecule has 3 rings (SSSR count). The van der Waals surface area contributed by atoms with Gasteiger partial charge in [-0.3, -0.25) is 4.79 Å². The van der Waals surface area contributed by atoms with Crippen molar-refractivity contribution >= 4 is 27.4 Å². The summed E-state index contributed by atoms with van der Waals surface area (Å²) < 4.78 is 26.9. The van der Waals surface area contributed by atoms with Gasteiger partial charge in [0.2, 0.25) is 15.9 Å². The molecule has 2 aromatic rings. The highest BCUT2D eigenvalue weighted by molar-refractivity contribution is 7.88. The second-order valence-corrected chi connectivity index (χ2v) is 9.38. The van der Waals surface area contributed by atoms with E-state index in [0.717, 1.165) is 16.8 Å². The van der Waals surface area contributed by atoms with Gasteiger partial charge >= 0.3 is 0 Å². The van der Waals surface area contributed by atoms with Gasteiger partial charge in [0.15, 0.2) is 0 Å². The lowest BCUT2D eigenvalue weighted by Gasteiger charge is -2.29. The van der Waals surface area contributed by atoms with Crippen LogP contribution in [0.5, 0.6) is 0 Å². The van der Waals surface area contributed by atoms with Gasteiger partial charge in [-0.05, 0) is 44.4 Å². The summed E-state index contributed by atoms with van der Waals surface area (Å²) in [7, 11) is -3.22. The predicted octanol–water partition coefficient (Wildman–Crippen LogP) is 2.22. The molecule has 1 unspecified atom stereocenters. The zero-order chi connectivity index (χ0) is 20.5. The van der Waals surface area contributed by atoms with Crippen LogP contribution in [0.3, 0.4) is 0 Å². The number of carbonyl (C=O) groups is 1. The molecule has 152 valence electrons. The normalized spacial score (nSPS) is 15.9. The molecule has 1 amide bonds. The number of nitrogens with one attached hydrogen (secondary N) is 2. The number of nitrogens with zero attached hydrogens (tertiary/aromatic N) is 3. The maximum atomic E-state index is 12.6. The summed E-state index contributed by atoms with van der Waals surface area (Å²) in [4.78, 5) is 12.6. The van der Waals surface area contributed by atoms with Gasteiger partial charge in [0.1, 0.15) is 11.9 Å². The fourth-order valence-electron chi connectivity index (χ4n) is 3.36. The number of fused-ring (bicyclic) bond motifs is 1. The number of aromatic nitrogens is 2. The average molecular weight is 406 g/mol. The Kier molecular flexibility index (Phi) is 5.76. The van der Waals surface area contributed by atoms with Crippen LogP contribution < -0.4 is 10.6 Å². The monoisotopic (exact) mass is 405 g/mol. The highest BCUT2D eigenvalue weighted by Crippen LogP contribution is 2.28. The largest absolute Gasteiger partial charge is 0.374 e. The Bertz CT molecular complexity index is 968. The molecule has 0 bridgehead atoms. The van der Waals surface area contributed by atoms with Gasteiger partial charge in [0, 0.05) is 30.9 Å². The van der Waals surface area contributed by atoms with Crippen LogP contribution in [0.15, 0.2) is 30.5 Å². The van der Waals surface area contributed by atoms with Crippen molar-refractivity contribution < 1.29 is 13.2 Å². The van der Waals surface area contributed by atoms with E-state index in [1.807, 2.05) is 32.0 Å². The molecular weight excluding hydrogens is 378 g/mol. The molecule has 0 aliphatic carbocycles. The molecule has 0 radical (unpaired) electrons. The summed E-state index contributed by atoms with van der Waals surface area (Å²) in [6, 6.07) is 7.20. The molecule has 0 saturated heterocycles. The third-order valence-corrected chi connectivity index (χ3v) is 6.13. The van der Waals surface area contributed by atoms with Crippen LogP contribution in [-0.2, 0) is 27.8 Å². The first-order chi connectivity index (χ1) is 13.2. The maximum absolute atomic E-state index is 12.6. The molecule has 2 heterocycles. The van der Waals surface area contributed by atoms with Crippen LogP contribution in [0.1, 0.15) is 37.9 Å². The van der Waals surface area contributed by atoms with Crippen molar-refractivity contribution in [1.82, 2.24) is 14.1 Å². The quantitative estimate of drug-likeness (QED) is 0.768. The van der Waals surface area contributed by atoms with Gasteiger partial charge in [0.05, 0.1) is 12.5 Å². The second-order valence-electron chi connectivity index (χ2n) is 7.40. The summed E-state index contributed by atoms with van der Waals surface area (Å²) >= 11 is 0. The molecule has 28 heavy (non-hydrogen) atoms. The molecule has 8 nitrogen and oxygen atoms in total. The number of hydrogen-bond acceptors (Lipinski definition) is 5. The fourth-order valence-corrected chi connectivity index (χ4v) is 4.16. The molecule has 0 saturated carbocycles. The Morgan fingerprint density at radius 3 is 2.64 bits per heavy atom. The SMILES string of the molecule is CC(Nc1cccc2c1CCN(S(C)(=O)=O)C2)C(=O)Nc1ccnn1C(C)C. The number of rotatable bonds is 6. The highest BCUT2D eigenvalue weighted by Gasteiger charge is 2.25. The lowest BCUT2D eigenvalue weighted by molar-refractivity contribution is -0.116. The molecular formula is C19H27N5O3S. The van der Waals surface area contributed by atoms with Gasteiger partial charge in [-0.1, -0.05) is 12.1 Å². The molecule has 0 fully saturated rings.